The van der Waals surface area contributed by atoms with Crippen LogP contribution in [0.3, 0.4) is 0 Å². The molecule has 1 aromatic heterocycles. The van der Waals surface area contributed by atoms with Crippen LogP contribution in [0.5, 0.6) is 0 Å². The Morgan fingerprint density at radius 2 is 2.10 bits per heavy atom. The third-order valence-corrected chi connectivity index (χ3v) is 5.10. The van der Waals surface area contributed by atoms with Gasteiger partial charge in [-0.15, -0.1) is 0 Å². The fourth-order valence-corrected chi connectivity index (χ4v) is 3.42. The van der Waals surface area contributed by atoms with E-state index in [9.17, 15) is 0 Å². The summed E-state index contributed by atoms with van der Waals surface area (Å²) in [6.45, 7) is 8.10. The third-order valence-electron chi connectivity index (χ3n) is 5.10. The highest BCUT2D eigenvalue weighted by molar-refractivity contribution is 5.51. The van der Waals surface area contributed by atoms with E-state index in [2.05, 4.69) is 41.3 Å². The first-order valence-corrected chi connectivity index (χ1v) is 8.65. The summed E-state index contributed by atoms with van der Waals surface area (Å²) >= 11 is 0. The van der Waals surface area contributed by atoms with Gasteiger partial charge in [0.25, 0.3) is 0 Å². The molecule has 1 saturated heterocycles. The van der Waals surface area contributed by atoms with Crippen LogP contribution in [0.1, 0.15) is 51.5 Å². The van der Waals surface area contributed by atoms with Crippen molar-refractivity contribution >= 4 is 5.69 Å². The molecule has 0 amide bonds. The van der Waals surface area contributed by atoms with Crippen LogP contribution in [-0.2, 0) is 6.54 Å². The van der Waals surface area contributed by atoms with Crippen LogP contribution in [0.25, 0.3) is 0 Å². The summed E-state index contributed by atoms with van der Waals surface area (Å²) < 4.78 is 0. The molecular formula is C18H29N3. The van der Waals surface area contributed by atoms with Crippen LogP contribution < -0.4 is 10.2 Å². The van der Waals surface area contributed by atoms with Crippen molar-refractivity contribution in [1.82, 2.24) is 10.3 Å². The van der Waals surface area contributed by atoms with E-state index in [1.165, 1.54) is 56.4 Å². The molecule has 0 spiro atoms. The lowest BCUT2D eigenvalue weighted by molar-refractivity contribution is 0.351. The van der Waals surface area contributed by atoms with Gasteiger partial charge in [0.05, 0.1) is 11.9 Å². The van der Waals surface area contributed by atoms with Crippen molar-refractivity contribution in [3.63, 3.8) is 0 Å². The van der Waals surface area contributed by atoms with Gasteiger partial charge in [-0.2, -0.15) is 0 Å². The number of nitrogens with one attached hydrogen (secondary N) is 1. The summed E-state index contributed by atoms with van der Waals surface area (Å²) in [6.07, 6.45) is 10.7. The van der Waals surface area contributed by atoms with E-state index in [1.807, 2.05) is 6.20 Å². The molecule has 2 heterocycles. The summed E-state index contributed by atoms with van der Waals surface area (Å²) in [7, 11) is 0. The molecule has 1 N–H and O–H groups in total. The fourth-order valence-electron chi connectivity index (χ4n) is 3.42. The predicted octanol–water partition coefficient (Wildman–Crippen LogP) is 3.60. The number of aromatic nitrogens is 1. The lowest BCUT2D eigenvalue weighted by atomic mass is 9.89. The Bertz CT molecular complexity index is 454. The summed E-state index contributed by atoms with van der Waals surface area (Å²) in [4.78, 5) is 6.95. The molecule has 2 fully saturated rings. The minimum absolute atomic E-state index is 0.764. The molecular weight excluding hydrogens is 258 g/mol. The number of hydrogen-bond donors (Lipinski definition) is 1. The molecule has 3 heteroatoms. The molecule has 21 heavy (non-hydrogen) atoms. The van der Waals surface area contributed by atoms with Crippen LogP contribution >= 0.6 is 0 Å². The van der Waals surface area contributed by atoms with Gasteiger partial charge in [0.2, 0.25) is 0 Å². The van der Waals surface area contributed by atoms with Crippen molar-refractivity contribution in [3.05, 3.63) is 24.0 Å². The van der Waals surface area contributed by atoms with Crippen LogP contribution in [0, 0.1) is 11.8 Å². The quantitative estimate of drug-likeness (QED) is 0.897. The van der Waals surface area contributed by atoms with Crippen molar-refractivity contribution in [2.24, 2.45) is 11.8 Å². The van der Waals surface area contributed by atoms with Crippen molar-refractivity contribution in [2.75, 3.05) is 18.0 Å². The summed E-state index contributed by atoms with van der Waals surface area (Å²) in [6, 6.07) is 2.95. The SMILES string of the molecule is CC(C)C1CCCN(c2cnccc2CNC2CC2)CC1. The highest BCUT2D eigenvalue weighted by Crippen LogP contribution is 2.29. The topological polar surface area (TPSA) is 28.2 Å². The van der Waals surface area contributed by atoms with Gasteiger partial charge >= 0.3 is 0 Å². The summed E-state index contributed by atoms with van der Waals surface area (Å²) in [5.74, 6) is 1.70. The van der Waals surface area contributed by atoms with Gasteiger partial charge in [-0.3, -0.25) is 4.98 Å². The number of hydrogen-bond acceptors (Lipinski definition) is 3. The van der Waals surface area contributed by atoms with Gasteiger partial charge in [-0.05, 0) is 55.6 Å². The number of rotatable bonds is 5. The van der Waals surface area contributed by atoms with Gasteiger partial charge in [0.15, 0.2) is 0 Å². The molecule has 1 saturated carbocycles. The molecule has 1 aliphatic carbocycles. The maximum atomic E-state index is 4.38. The Kier molecular flexibility index (Phi) is 4.79. The molecule has 0 bridgehead atoms. The zero-order valence-corrected chi connectivity index (χ0v) is 13.5. The van der Waals surface area contributed by atoms with Crippen molar-refractivity contribution in [3.8, 4) is 0 Å². The highest BCUT2D eigenvalue weighted by Gasteiger charge is 2.23. The maximum absolute atomic E-state index is 4.38. The van der Waals surface area contributed by atoms with E-state index in [1.54, 1.807) is 0 Å². The normalized spacial score (nSPS) is 23.4. The molecule has 1 aliphatic heterocycles. The van der Waals surface area contributed by atoms with Crippen LogP contribution in [0.4, 0.5) is 5.69 Å². The Hall–Kier alpha value is -1.09. The standard InChI is InChI=1S/C18H29N3/c1-14(2)15-4-3-10-21(11-8-15)18-13-19-9-7-16(18)12-20-17-5-6-17/h7,9,13-15,17,20H,3-6,8,10-12H2,1-2H3. The first-order valence-electron chi connectivity index (χ1n) is 8.65. The minimum Gasteiger partial charge on any atom is -0.370 e. The molecule has 3 nitrogen and oxygen atoms in total. The van der Waals surface area contributed by atoms with E-state index in [0.29, 0.717) is 0 Å². The van der Waals surface area contributed by atoms with E-state index in [4.69, 9.17) is 0 Å². The molecule has 0 aromatic carbocycles. The third kappa shape index (κ3) is 3.97. The smallest absolute Gasteiger partial charge is 0.0598 e. The monoisotopic (exact) mass is 287 g/mol. The Labute approximate surface area is 129 Å². The number of anilines is 1. The average molecular weight is 287 g/mol. The molecule has 2 aliphatic rings. The molecule has 1 atom stereocenters. The zero-order chi connectivity index (χ0) is 14.7. The predicted molar refractivity (Wildman–Crippen MR) is 88.5 cm³/mol. The maximum Gasteiger partial charge on any atom is 0.0598 e. The van der Waals surface area contributed by atoms with Gasteiger partial charge in [-0.1, -0.05) is 13.8 Å². The lowest BCUT2D eigenvalue weighted by Gasteiger charge is -2.25. The van der Waals surface area contributed by atoms with E-state index in [-0.39, 0.29) is 0 Å². The molecule has 1 aromatic rings. The average Bonchev–Trinajstić information content (AvgIpc) is 3.32. The van der Waals surface area contributed by atoms with Crippen molar-refractivity contribution < 1.29 is 0 Å². The van der Waals surface area contributed by atoms with Crippen molar-refractivity contribution in [1.29, 1.82) is 0 Å². The lowest BCUT2D eigenvalue weighted by Crippen LogP contribution is -2.27. The Morgan fingerprint density at radius 1 is 1.24 bits per heavy atom. The van der Waals surface area contributed by atoms with E-state index >= 15 is 0 Å². The van der Waals surface area contributed by atoms with Crippen LogP contribution in [0.2, 0.25) is 0 Å². The first-order chi connectivity index (χ1) is 10.2. The summed E-state index contributed by atoms with van der Waals surface area (Å²) in [5, 5.41) is 3.64. The molecule has 116 valence electrons. The molecule has 1 unspecified atom stereocenters. The second-order valence-electron chi connectivity index (χ2n) is 7.08. The van der Waals surface area contributed by atoms with Gasteiger partial charge in [0.1, 0.15) is 0 Å². The first kappa shape index (κ1) is 14.8. The zero-order valence-electron chi connectivity index (χ0n) is 13.5. The summed E-state index contributed by atoms with van der Waals surface area (Å²) in [5.41, 5.74) is 2.77. The second kappa shape index (κ2) is 6.78. The highest BCUT2D eigenvalue weighted by atomic mass is 15.1. The van der Waals surface area contributed by atoms with Crippen LogP contribution in [0.15, 0.2) is 18.5 Å². The fraction of sp³-hybridized carbons (Fsp3) is 0.722. The van der Waals surface area contributed by atoms with E-state index in [0.717, 1.165) is 24.4 Å². The van der Waals surface area contributed by atoms with Crippen molar-refractivity contribution in [2.45, 2.75) is 58.5 Å². The van der Waals surface area contributed by atoms with Crippen LogP contribution in [-0.4, -0.2) is 24.1 Å². The molecule has 3 rings (SSSR count). The largest absolute Gasteiger partial charge is 0.370 e. The second-order valence-corrected chi connectivity index (χ2v) is 7.08. The van der Waals surface area contributed by atoms with Gasteiger partial charge < -0.3 is 10.2 Å². The Morgan fingerprint density at radius 3 is 2.86 bits per heavy atom. The van der Waals surface area contributed by atoms with Gasteiger partial charge in [0, 0.05) is 31.9 Å². The number of pyridine rings is 1. The minimum atomic E-state index is 0.764. The molecule has 0 radical (unpaired) electrons. The van der Waals surface area contributed by atoms with Gasteiger partial charge in [-0.25, -0.2) is 0 Å². The Balaban J connectivity index is 1.67. The number of nitrogens with zero attached hydrogens (tertiary/aromatic N) is 2. The van der Waals surface area contributed by atoms with E-state index < -0.39 is 0 Å².